The van der Waals surface area contributed by atoms with Crippen LogP contribution >= 0.6 is 0 Å². The first kappa shape index (κ1) is 19.0. The predicted molar refractivity (Wildman–Crippen MR) is 117 cm³/mol. The monoisotopic (exact) mass is 433 g/mol. The van der Waals surface area contributed by atoms with Crippen LogP contribution in [0, 0.1) is 5.82 Å². The third-order valence-electron chi connectivity index (χ3n) is 5.92. The number of aliphatic imine (C=N–C) groups is 1. The predicted octanol–water partition coefficient (Wildman–Crippen LogP) is 2.75. The van der Waals surface area contributed by atoms with Crippen molar-refractivity contribution in [1.82, 2.24) is 20.3 Å². The molecule has 1 unspecified atom stereocenters. The fourth-order valence-corrected chi connectivity index (χ4v) is 4.40. The summed E-state index contributed by atoms with van der Waals surface area (Å²) >= 11 is 0. The summed E-state index contributed by atoms with van der Waals surface area (Å²) in [6, 6.07) is 11.8. The number of fused-ring (bicyclic) bond motifs is 2. The van der Waals surface area contributed by atoms with Crippen LogP contribution in [0.5, 0.6) is 0 Å². The van der Waals surface area contributed by atoms with E-state index in [1.165, 1.54) is 12.1 Å². The zero-order valence-electron chi connectivity index (χ0n) is 17.0. The Hall–Kier alpha value is -3.69. The summed E-state index contributed by atoms with van der Waals surface area (Å²) in [6.07, 6.45) is 3.74. The van der Waals surface area contributed by atoms with E-state index in [2.05, 4.69) is 20.3 Å². The van der Waals surface area contributed by atoms with E-state index >= 15 is 0 Å². The Kier molecular flexibility index (Phi) is 4.44. The minimum atomic E-state index is -0.490. The molecule has 0 amide bonds. The minimum absolute atomic E-state index is 0.247. The van der Waals surface area contributed by atoms with Crippen molar-refractivity contribution in [2.75, 3.05) is 26.3 Å². The lowest BCUT2D eigenvalue weighted by atomic mass is 9.92. The first-order valence-corrected chi connectivity index (χ1v) is 10.4. The van der Waals surface area contributed by atoms with Gasteiger partial charge in [0.2, 0.25) is 5.96 Å². The zero-order valence-corrected chi connectivity index (χ0v) is 17.0. The molecule has 8 nitrogen and oxygen atoms in total. The highest BCUT2D eigenvalue weighted by atomic mass is 19.1. The van der Waals surface area contributed by atoms with Crippen molar-refractivity contribution in [3.63, 3.8) is 0 Å². The molecule has 3 aliphatic rings. The second-order valence-corrected chi connectivity index (χ2v) is 7.82. The molecule has 162 valence electrons. The number of hydrogen-bond acceptors (Lipinski definition) is 7. The standard InChI is InChI=1S/C23H20FN5O3/c24-16-4-1-14(2-5-16)21-20(15-3-6-17-19(13-15)32-23(30)26-17)18-7-8-25-22(29(18)27-21)28-9-11-31-12-10-28/h1-8,13,21,27H,9-12H2,(H,26,30). The van der Waals surface area contributed by atoms with Gasteiger partial charge in [-0.1, -0.05) is 18.2 Å². The fraction of sp³-hybridized carbons (Fsp3) is 0.217. The molecule has 3 aliphatic heterocycles. The van der Waals surface area contributed by atoms with Crippen LogP contribution in [0.3, 0.4) is 0 Å². The molecular formula is C23H20FN5O3. The Labute approximate surface area is 182 Å². The van der Waals surface area contributed by atoms with Gasteiger partial charge in [0.05, 0.1) is 30.5 Å². The molecular weight excluding hydrogens is 413 g/mol. The van der Waals surface area contributed by atoms with Crippen LogP contribution in [0.2, 0.25) is 0 Å². The number of aromatic nitrogens is 1. The number of ether oxygens (including phenoxy) is 1. The van der Waals surface area contributed by atoms with Crippen molar-refractivity contribution < 1.29 is 13.5 Å². The van der Waals surface area contributed by atoms with Crippen LogP contribution < -0.4 is 11.2 Å². The first-order valence-electron chi connectivity index (χ1n) is 10.4. The SMILES string of the molecule is O=c1[nH]c2ccc(C3=C4C=CN=C(N5CCOCC5)N4NC3c3ccc(F)cc3)cc2o1. The summed E-state index contributed by atoms with van der Waals surface area (Å²) in [5.41, 5.74) is 8.40. The van der Waals surface area contributed by atoms with E-state index in [1.54, 1.807) is 18.3 Å². The molecule has 32 heavy (non-hydrogen) atoms. The van der Waals surface area contributed by atoms with Crippen molar-refractivity contribution in [3.8, 4) is 0 Å². The molecule has 0 saturated carbocycles. The van der Waals surface area contributed by atoms with Gasteiger partial charge in [-0.15, -0.1) is 0 Å². The van der Waals surface area contributed by atoms with Gasteiger partial charge >= 0.3 is 5.76 Å². The maximum absolute atomic E-state index is 13.6. The van der Waals surface area contributed by atoms with Gasteiger partial charge in [0.1, 0.15) is 5.82 Å². The number of guanidine groups is 1. The first-order chi connectivity index (χ1) is 15.7. The second-order valence-electron chi connectivity index (χ2n) is 7.82. The molecule has 4 heterocycles. The van der Waals surface area contributed by atoms with Gasteiger partial charge in [-0.3, -0.25) is 4.98 Å². The Bertz CT molecular complexity index is 1330. The van der Waals surface area contributed by atoms with Gasteiger partial charge in [0, 0.05) is 24.9 Å². The number of hydrogen-bond donors (Lipinski definition) is 2. The lowest BCUT2D eigenvalue weighted by molar-refractivity contribution is 0.0618. The normalized spacial score (nSPS) is 20.8. The fourth-order valence-electron chi connectivity index (χ4n) is 4.40. The summed E-state index contributed by atoms with van der Waals surface area (Å²) in [5.74, 6) is 0.0159. The molecule has 0 aliphatic carbocycles. The summed E-state index contributed by atoms with van der Waals surface area (Å²) in [5, 5.41) is 1.98. The molecule has 1 atom stereocenters. The molecule has 2 aromatic carbocycles. The van der Waals surface area contributed by atoms with Gasteiger partial charge < -0.3 is 14.1 Å². The third-order valence-corrected chi connectivity index (χ3v) is 5.92. The number of H-pyrrole nitrogens is 1. The number of aromatic amines is 1. The van der Waals surface area contributed by atoms with E-state index < -0.39 is 5.76 Å². The summed E-state index contributed by atoms with van der Waals surface area (Å²) < 4.78 is 24.4. The van der Waals surface area contributed by atoms with Crippen molar-refractivity contribution in [2.24, 2.45) is 4.99 Å². The lowest BCUT2D eigenvalue weighted by Gasteiger charge is -2.36. The largest absolute Gasteiger partial charge is 0.417 e. The summed E-state index contributed by atoms with van der Waals surface area (Å²) in [4.78, 5) is 21.1. The van der Waals surface area contributed by atoms with E-state index in [0.717, 1.165) is 41.4 Å². The maximum atomic E-state index is 13.6. The second kappa shape index (κ2) is 7.47. The topological polar surface area (TPSA) is 86.1 Å². The average molecular weight is 433 g/mol. The molecule has 0 bridgehead atoms. The highest BCUT2D eigenvalue weighted by Crippen LogP contribution is 2.41. The number of rotatable bonds is 2. The molecule has 3 aromatic rings. The molecule has 1 fully saturated rings. The van der Waals surface area contributed by atoms with Gasteiger partial charge in [-0.25, -0.2) is 24.6 Å². The van der Waals surface area contributed by atoms with Gasteiger partial charge in [-0.2, -0.15) is 0 Å². The van der Waals surface area contributed by atoms with Crippen molar-refractivity contribution in [3.05, 3.63) is 87.9 Å². The van der Waals surface area contributed by atoms with Gasteiger partial charge in [0.15, 0.2) is 5.58 Å². The van der Waals surface area contributed by atoms with E-state index in [4.69, 9.17) is 9.15 Å². The molecule has 1 saturated heterocycles. The molecule has 9 heteroatoms. The smallest absolute Gasteiger partial charge is 0.408 e. The number of allylic oxidation sites excluding steroid dienone is 1. The Morgan fingerprint density at radius 3 is 2.72 bits per heavy atom. The van der Waals surface area contributed by atoms with Gasteiger partial charge in [-0.05, 0) is 41.5 Å². The van der Waals surface area contributed by atoms with Crippen LogP contribution in [0.15, 0.2) is 74.6 Å². The van der Waals surface area contributed by atoms with Crippen LogP contribution in [0.25, 0.3) is 16.7 Å². The van der Waals surface area contributed by atoms with Crippen molar-refractivity contribution in [2.45, 2.75) is 6.04 Å². The Balaban J connectivity index is 1.49. The van der Waals surface area contributed by atoms with E-state index in [-0.39, 0.29) is 11.9 Å². The maximum Gasteiger partial charge on any atom is 0.417 e. The third kappa shape index (κ3) is 3.14. The van der Waals surface area contributed by atoms with Crippen LogP contribution in [-0.4, -0.2) is 47.2 Å². The van der Waals surface area contributed by atoms with E-state index in [9.17, 15) is 9.18 Å². The Morgan fingerprint density at radius 2 is 1.91 bits per heavy atom. The van der Waals surface area contributed by atoms with Crippen LogP contribution in [-0.2, 0) is 4.74 Å². The quantitative estimate of drug-likeness (QED) is 0.647. The minimum Gasteiger partial charge on any atom is -0.408 e. The molecule has 0 radical (unpaired) electrons. The summed E-state index contributed by atoms with van der Waals surface area (Å²) in [6.45, 7) is 2.78. The number of morpholine rings is 1. The number of nitrogens with one attached hydrogen (secondary N) is 2. The zero-order chi connectivity index (χ0) is 21.7. The summed E-state index contributed by atoms with van der Waals surface area (Å²) in [7, 11) is 0. The molecule has 1 aromatic heterocycles. The average Bonchev–Trinajstić information content (AvgIpc) is 3.39. The number of hydrazine groups is 1. The number of halogens is 1. The van der Waals surface area contributed by atoms with Gasteiger partial charge in [0.25, 0.3) is 0 Å². The molecule has 0 spiro atoms. The highest BCUT2D eigenvalue weighted by molar-refractivity contribution is 5.91. The van der Waals surface area contributed by atoms with Crippen molar-refractivity contribution >= 4 is 22.6 Å². The highest BCUT2D eigenvalue weighted by Gasteiger charge is 2.37. The van der Waals surface area contributed by atoms with Crippen molar-refractivity contribution in [1.29, 1.82) is 0 Å². The number of nitrogens with zero attached hydrogens (tertiary/aromatic N) is 3. The lowest BCUT2D eigenvalue weighted by Crippen LogP contribution is -2.52. The van der Waals surface area contributed by atoms with E-state index in [1.807, 2.05) is 29.3 Å². The number of benzene rings is 2. The van der Waals surface area contributed by atoms with E-state index in [0.29, 0.717) is 24.3 Å². The number of oxazole rings is 1. The Morgan fingerprint density at radius 1 is 1.09 bits per heavy atom. The van der Waals surface area contributed by atoms with Crippen LogP contribution in [0.1, 0.15) is 17.2 Å². The molecule has 6 rings (SSSR count). The molecule has 2 N–H and O–H groups in total. The van der Waals surface area contributed by atoms with Crippen LogP contribution in [0.4, 0.5) is 4.39 Å².